The Morgan fingerprint density at radius 3 is 2.40 bits per heavy atom. The number of benzene rings is 2. The highest BCUT2D eigenvalue weighted by Gasteiger charge is 2.10. The molecular formula is C14H9Cl2FNO2-. The number of halogens is 3. The second-order valence-corrected chi connectivity index (χ2v) is 4.89. The third-order valence-corrected chi connectivity index (χ3v) is 3.21. The third kappa shape index (κ3) is 3.40. The number of carbonyl (C=O) groups excluding carboxylic acids is 1. The Morgan fingerprint density at radius 1 is 1.20 bits per heavy atom. The molecule has 0 atom stereocenters. The molecule has 0 aliphatic rings. The smallest absolute Gasteiger partial charge is 0.126 e. The van der Waals surface area contributed by atoms with Crippen LogP contribution in [-0.4, -0.2) is 5.97 Å². The van der Waals surface area contributed by atoms with Crippen LogP contribution in [0.5, 0.6) is 0 Å². The number of nitrogens with one attached hydrogen (secondary N) is 1. The second-order valence-electron chi connectivity index (χ2n) is 4.08. The first-order chi connectivity index (χ1) is 9.47. The lowest BCUT2D eigenvalue weighted by Crippen LogP contribution is -2.24. The van der Waals surface area contributed by atoms with Gasteiger partial charge in [-0.3, -0.25) is 0 Å². The van der Waals surface area contributed by atoms with E-state index in [1.807, 2.05) is 0 Å². The van der Waals surface area contributed by atoms with Crippen molar-refractivity contribution >= 4 is 40.5 Å². The molecule has 0 saturated heterocycles. The van der Waals surface area contributed by atoms with Gasteiger partial charge in [-0.1, -0.05) is 41.4 Å². The standard InChI is InChI=1S/C14H10Cl2FNO2/c15-10-6-9(17)7-11(16)14(10)18-12-4-2-1-3-8(12)5-13(19)20/h1-4,6-7,18H,5H2,(H,19,20)/p-1. The Hall–Kier alpha value is -1.78. The van der Waals surface area contributed by atoms with E-state index >= 15 is 0 Å². The topological polar surface area (TPSA) is 52.2 Å². The van der Waals surface area contributed by atoms with E-state index in [9.17, 15) is 14.3 Å². The first-order valence-electron chi connectivity index (χ1n) is 5.66. The molecule has 0 unspecified atom stereocenters. The molecule has 0 aliphatic heterocycles. The van der Waals surface area contributed by atoms with E-state index in [-0.39, 0.29) is 16.5 Å². The summed E-state index contributed by atoms with van der Waals surface area (Å²) in [6, 6.07) is 9.00. The lowest BCUT2D eigenvalue weighted by atomic mass is 10.1. The predicted molar refractivity (Wildman–Crippen MR) is 74.9 cm³/mol. The van der Waals surface area contributed by atoms with E-state index in [1.54, 1.807) is 24.3 Å². The van der Waals surface area contributed by atoms with Gasteiger partial charge in [-0.15, -0.1) is 0 Å². The summed E-state index contributed by atoms with van der Waals surface area (Å²) in [6.45, 7) is 0. The summed E-state index contributed by atoms with van der Waals surface area (Å²) < 4.78 is 13.1. The Bertz CT molecular complexity index is 638. The van der Waals surface area contributed by atoms with Crippen molar-refractivity contribution in [1.82, 2.24) is 0 Å². The number of carbonyl (C=O) groups is 1. The fourth-order valence-electron chi connectivity index (χ4n) is 1.75. The van der Waals surface area contributed by atoms with Crippen molar-refractivity contribution in [3.63, 3.8) is 0 Å². The number of carboxylic acids is 1. The molecule has 0 bridgehead atoms. The van der Waals surface area contributed by atoms with Crippen LogP contribution in [0.3, 0.4) is 0 Å². The third-order valence-electron chi connectivity index (χ3n) is 2.62. The second kappa shape index (κ2) is 6.11. The molecule has 0 aromatic heterocycles. The highest BCUT2D eigenvalue weighted by Crippen LogP contribution is 2.34. The van der Waals surface area contributed by atoms with Crippen LogP contribution in [0.2, 0.25) is 10.0 Å². The molecular weight excluding hydrogens is 304 g/mol. The van der Waals surface area contributed by atoms with E-state index in [1.165, 1.54) is 0 Å². The van der Waals surface area contributed by atoms with Gasteiger partial charge in [0.25, 0.3) is 0 Å². The summed E-state index contributed by atoms with van der Waals surface area (Å²) in [7, 11) is 0. The van der Waals surface area contributed by atoms with Gasteiger partial charge in [-0.05, 0) is 23.8 Å². The number of anilines is 2. The number of rotatable bonds is 4. The Morgan fingerprint density at radius 2 is 1.80 bits per heavy atom. The predicted octanol–water partition coefficient (Wildman–Crippen LogP) is 3.17. The van der Waals surface area contributed by atoms with Gasteiger partial charge in [0.2, 0.25) is 0 Å². The maximum absolute atomic E-state index is 13.1. The highest BCUT2D eigenvalue weighted by atomic mass is 35.5. The molecule has 2 rings (SSSR count). The average molecular weight is 313 g/mol. The SMILES string of the molecule is O=C([O-])Cc1ccccc1Nc1c(Cl)cc(F)cc1Cl. The summed E-state index contributed by atoms with van der Waals surface area (Å²) in [5.74, 6) is -1.75. The molecule has 20 heavy (non-hydrogen) atoms. The monoisotopic (exact) mass is 312 g/mol. The molecule has 3 nitrogen and oxygen atoms in total. The van der Waals surface area contributed by atoms with E-state index in [0.717, 1.165) is 12.1 Å². The molecule has 0 fully saturated rings. The number of carboxylic acid groups (broad SMARTS) is 1. The van der Waals surface area contributed by atoms with Crippen molar-refractivity contribution in [1.29, 1.82) is 0 Å². The summed E-state index contributed by atoms with van der Waals surface area (Å²) in [6.07, 6.45) is -0.250. The zero-order valence-electron chi connectivity index (χ0n) is 10.1. The van der Waals surface area contributed by atoms with Crippen LogP contribution in [0.4, 0.5) is 15.8 Å². The molecule has 1 N–H and O–H groups in total. The molecule has 0 heterocycles. The molecule has 2 aromatic carbocycles. The van der Waals surface area contributed by atoms with Gasteiger partial charge in [0.1, 0.15) is 5.82 Å². The summed E-state index contributed by atoms with van der Waals surface area (Å²) in [5, 5.41) is 13.9. The lowest BCUT2D eigenvalue weighted by molar-refractivity contribution is -0.304. The number of aliphatic carboxylic acids is 1. The summed E-state index contributed by atoms with van der Waals surface area (Å²) in [4.78, 5) is 10.7. The van der Waals surface area contributed by atoms with Gasteiger partial charge < -0.3 is 15.2 Å². The molecule has 0 radical (unpaired) electrons. The Kier molecular flexibility index (Phi) is 4.47. The minimum Gasteiger partial charge on any atom is -0.550 e. The fourth-order valence-corrected chi connectivity index (χ4v) is 2.30. The largest absolute Gasteiger partial charge is 0.550 e. The van der Waals surface area contributed by atoms with E-state index in [2.05, 4.69) is 5.32 Å². The van der Waals surface area contributed by atoms with Gasteiger partial charge in [-0.2, -0.15) is 0 Å². The van der Waals surface area contributed by atoms with Gasteiger partial charge in [0.05, 0.1) is 15.7 Å². The molecule has 0 spiro atoms. The minimum atomic E-state index is -1.20. The van der Waals surface area contributed by atoms with Crippen molar-refractivity contribution in [3.8, 4) is 0 Å². The van der Waals surface area contributed by atoms with Crippen LogP contribution in [0.1, 0.15) is 5.56 Å². The van der Waals surface area contributed by atoms with Crippen molar-refractivity contribution < 1.29 is 14.3 Å². The molecule has 0 saturated carbocycles. The first-order valence-corrected chi connectivity index (χ1v) is 6.42. The van der Waals surface area contributed by atoms with Gasteiger partial charge in [-0.25, -0.2) is 4.39 Å². The minimum absolute atomic E-state index is 0.109. The van der Waals surface area contributed by atoms with E-state index in [4.69, 9.17) is 23.2 Å². The van der Waals surface area contributed by atoms with Crippen LogP contribution in [-0.2, 0) is 11.2 Å². The molecule has 0 aliphatic carbocycles. The van der Waals surface area contributed by atoms with E-state index < -0.39 is 11.8 Å². The fraction of sp³-hybridized carbons (Fsp3) is 0.0714. The maximum atomic E-state index is 13.1. The summed E-state index contributed by atoms with van der Waals surface area (Å²) in [5.41, 5.74) is 1.36. The zero-order valence-corrected chi connectivity index (χ0v) is 11.6. The van der Waals surface area contributed by atoms with Crippen molar-refractivity contribution in [2.45, 2.75) is 6.42 Å². The number of hydrogen-bond donors (Lipinski definition) is 1. The van der Waals surface area contributed by atoms with Gasteiger partial charge >= 0.3 is 0 Å². The van der Waals surface area contributed by atoms with Crippen LogP contribution in [0, 0.1) is 5.82 Å². The average Bonchev–Trinajstić information content (AvgIpc) is 2.34. The lowest BCUT2D eigenvalue weighted by Gasteiger charge is -2.14. The van der Waals surface area contributed by atoms with Gasteiger partial charge in [0.15, 0.2) is 0 Å². The quantitative estimate of drug-likeness (QED) is 0.943. The van der Waals surface area contributed by atoms with Crippen molar-refractivity contribution in [3.05, 3.63) is 57.8 Å². The van der Waals surface area contributed by atoms with Gasteiger partial charge in [0, 0.05) is 18.1 Å². The van der Waals surface area contributed by atoms with Crippen LogP contribution in [0.25, 0.3) is 0 Å². The Balaban J connectivity index is 2.38. The zero-order chi connectivity index (χ0) is 14.7. The molecule has 2 aromatic rings. The molecule has 104 valence electrons. The normalized spacial score (nSPS) is 10.3. The Labute approximate surface area is 124 Å². The van der Waals surface area contributed by atoms with Crippen LogP contribution < -0.4 is 10.4 Å². The maximum Gasteiger partial charge on any atom is 0.126 e. The summed E-state index contributed by atoms with van der Waals surface area (Å²) >= 11 is 11.9. The number of para-hydroxylation sites is 1. The van der Waals surface area contributed by atoms with Crippen LogP contribution >= 0.6 is 23.2 Å². The first kappa shape index (κ1) is 14.6. The van der Waals surface area contributed by atoms with Crippen molar-refractivity contribution in [2.24, 2.45) is 0 Å². The van der Waals surface area contributed by atoms with E-state index in [0.29, 0.717) is 16.9 Å². The van der Waals surface area contributed by atoms with Crippen molar-refractivity contribution in [2.75, 3.05) is 5.32 Å². The highest BCUT2D eigenvalue weighted by molar-refractivity contribution is 6.39. The number of hydrogen-bond acceptors (Lipinski definition) is 3. The van der Waals surface area contributed by atoms with Crippen LogP contribution in [0.15, 0.2) is 36.4 Å². The molecule has 0 amide bonds. The molecule has 6 heteroatoms.